The highest BCUT2D eigenvalue weighted by Gasteiger charge is 2.15. The molecule has 1 aromatic heterocycles. The van der Waals surface area contributed by atoms with Gasteiger partial charge in [-0.3, -0.25) is 0 Å². The highest BCUT2D eigenvalue weighted by molar-refractivity contribution is 5.93. The van der Waals surface area contributed by atoms with Crippen LogP contribution in [0.2, 0.25) is 0 Å². The van der Waals surface area contributed by atoms with Gasteiger partial charge >= 0.3 is 0 Å². The minimum atomic E-state index is 0.375. The number of hydrogen-bond acceptors (Lipinski definition) is 1. The number of benzene rings is 1. The first kappa shape index (κ1) is 14.4. The van der Waals surface area contributed by atoms with Crippen LogP contribution in [0.15, 0.2) is 36.5 Å². The van der Waals surface area contributed by atoms with Crippen molar-refractivity contribution in [1.29, 1.82) is 0 Å². The normalized spacial score (nSPS) is 16.2. The molecule has 1 aliphatic rings. The van der Waals surface area contributed by atoms with Crippen LogP contribution in [0.3, 0.4) is 0 Å². The zero-order valence-corrected chi connectivity index (χ0v) is 13.4. The Bertz CT molecular complexity index is 656. The summed E-state index contributed by atoms with van der Waals surface area (Å²) in [4.78, 5) is 0. The fourth-order valence-corrected chi connectivity index (χ4v) is 3.01. The van der Waals surface area contributed by atoms with E-state index >= 15 is 0 Å². The maximum atomic E-state index is 3.40. The highest BCUT2D eigenvalue weighted by Crippen LogP contribution is 2.31. The van der Waals surface area contributed by atoms with E-state index in [9.17, 15) is 0 Å². The number of nitrogens with one attached hydrogen (secondary N) is 1. The third kappa shape index (κ3) is 3.21. The SMILES string of the molecule is CC(C)(C)CCn1cc(C2=CCNCC2)c2ccccc21. The molecule has 0 aliphatic carbocycles. The first-order valence-electron chi connectivity index (χ1n) is 8.03. The molecule has 2 nitrogen and oxygen atoms in total. The van der Waals surface area contributed by atoms with E-state index in [0.29, 0.717) is 5.41 Å². The molecule has 0 unspecified atom stereocenters. The summed E-state index contributed by atoms with van der Waals surface area (Å²) < 4.78 is 2.44. The summed E-state index contributed by atoms with van der Waals surface area (Å²) in [5.74, 6) is 0. The van der Waals surface area contributed by atoms with Gasteiger partial charge in [-0.2, -0.15) is 0 Å². The molecule has 3 rings (SSSR count). The maximum absolute atomic E-state index is 3.40. The van der Waals surface area contributed by atoms with Gasteiger partial charge in [0, 0.05) is 35.8 Å². The van der Waals surface area contributed by atoms with Gasteiger partial charge in [-0.25, -0.2) is 0 Å². The number of nitrogens with zero attached hydrogens (tertiary/aromatic N) is 1. The lowest BCUT2D eigenvalue weighted by atomic mass is 9.92. The second-order valence-electron chi connectivity index (χ2n) is 7.25. The van der Waals surface area contributed by atoms with Gasteiger partial charge in [0.25, 0.3) is 0 Å². The first-order chi connectivity index (χ1) is 10.0. The summed E-state index contributed by atoms with van der Waals surface area (Å²) in [5, 5.41) is 4.80. The van der Waals surface area contributed by atoms with E-state index in [-0.39, 0.29) is 0 Å². The van der Waals surface area contributed by atoms with Gasteiger partial charge in [-0.05, 0) is 36.4 Å². The lowest BCUT2D eigenvalue weighted by Gasteiger charge is -2.18. The Morgan fingerprint density at radius 3 is 2.71 bits per heavy atom. The Balaban J connectivity index is 1.99. The summed E-state index contributed by atoms with van der Waals surface area (Å²) in [7, 11) is 0. The third-order valence-electron chi connectivity index (χ3n) is 4.30. The van der Waals surface area contributed by atoms with Gasteiger partial charge in [0.05, 0.1) is 0 Å². The zero-order valence-electron chi connectivity index (χ0n) is 13.4. The number of aryl methyl sites for hydroxylation is 1. The predicted octanol–water partition coefficient (Wildman–Crippen LogP) is 4.45. The Hall–Kier alpha value is -1.54. The second-order valence-corrected chi connectivity index (χ2v) is 7.25. The molecule has 1 N–H and O–H groups in total. The van der Waals surface area contributed by atoms with Crippen molar-refractivity contribution >= 4 is 16.5 Å². The molecule has 0 fully saturated rings. The fraction of sp³-hybridized carbons (Fsp3) is 0.474. The second kappa shape index (κ2) is 5.69. The molecule has 112 valence electrons. The van der Waals surface area contributed by atoms with Crippen molar-refractivity contribution < 1.29 is 0 Å². The summed E-state index contributed by atoms with van der Waals surface area (Å²) in [6.07, 6.45) is 7.05. The Morgan fingerprint density at radius 2 is 2.00 bits per heavy atom. The van der Waals surface area contributed by atoms with E-state index in [0.717, 1.165) is 26.1 Å². The van der Waals surface area contributed by atoms with Crippen LogP contribution in [0.5, 0.6) is 0 Å². The molecule has 21 heavy (non-hydrogen) atoms. The van der Waals surface area contributed by atoms with E-state index in [1.807, 2.05) is 0 Å². The van der Waals surface area contributed by atoms with Gasteiger partial charge < -0.3 is 9.88 Å². The molecule has 2 heterocycles. The van der Waals surface area contributed by atoms with E-state index in [1.54, 1.807) is 0 Å². The minimum Gasteiger partial charge on any atom is -0.347 e. The Labute approximate surface area is 127 Å². The number of para-hydroxylation sites is 1. The molecular weight excluding hydrogens is 256 g/mol. The Morgan fingerprint density at radius 1 is 1.19 bits per heavy atom. The first-order valence-corrected chi connectivity index (χ1v) is 8.03. The molecule has 1 aliphatic heterocycles. The van der Waals surface area contributed by atoms with Crippen molar-refractivity contribution in [1.82, 2.24) is 9.88 Å². The van der Waals surface area contributed by atoms with Crippen molar-refractivity contribution in [2.45, 2.75) is 40.2 Å². The van der Waals surface area contributed by atoms with E-state index in [4.69, 9.17) is 0 Å². The quantitative estimate of drug-likeness (QED) is 0.880. The van der Waals surface area contributed by atoms with Gasteiger partial charge in [0.1, 0.15) is 0 Å². The molecule has 1 aromatic carbocycles. The van der Waals surface area contributed by atoms with Gasteiger partial charge in [-0.15, -0.1) is 0 Å². The van der Waals surface area contributed by atoms with Crippen LogP contribution < -0.4 is 5.32 Å². The fourth-order valence-electron chi connectivity index (χ4n) is 3.01. The molecular formula is C19H26N2. The Kier molecular flexibility index (Phi) is 3.90. The molecule has 0 atom stereocenters. The number of fused-ring (bicyclic) bond motifs is 1. The minimum absolute atomic E-state index is 0.375. The lowest BCUT2D eigenvalue weighted by molar-refractivity contribution is 0.353. The lowest BCUT2D eigenvalue weighted by Crippen LogP contribution is -2.19. The zero-order chi connectivity index (χ0) is 14.9. The average molecular weight is 282 g/mol. The number of aromatic nitrogens is 1. The summed E-state index contributed by atoms with van der Waals surface area (Å²) >= 11 is 0. The smallest absolute Gasteiger partial charge is 0.0486 e. The molecule has 0 amide bonds. The molecule has 0 radical (unpaired) electrons. The van der Waals surface area contributed by atoms with Gasteiger partial charge in [0.2, 0.25) is 0 Å². The third-order valence-corrected chi connectivity index (χ3v) is 4.30. The van der Waals surface area contributed by atoms with Crippen molar-refractivity contribution in [2.75, 3.05) is 13.1 Å². The van der Waals surface area contributed by atoms with E-state index < -0.39 is 0 Å². The van der Waals surface area contributed by atoms with Crippen molar-refractivity contribution in [3.63, 3.8) is 0 Å². The van der Waals surface area contributed by atoms with Gasteiger partial charge in [0.15, 0.2) is 0 Å². The largest absolute Gasteiger partial charge is 0.347 e. The molecule has 0 bridgehead atoms. The van der Waals surface area contributed by atoms with Crippen LogP contribution in [0, 0.1) is 5.41 Å². The van der Waals surface area contributed by atoms with Crippen LogP contribution in [0.1, 0.15) is 39.2 Å². The number of hydrogen-bond donors (Lipinski definition) is 1. The molecule has 0 saturated heterocycles. The monoisotopic (exact) mass is 282 g/mol. The molecule has 0 saturated carbocycles. The van der Waals surface area contributed by atoms with E-state index in [1.165, 1.54) is 28.5 Å². The summed E-state index contributed by atoms with van der Waals surface area (Å²) in [6.45, 7) is 10.1. The summed E-state index contributed by atoms with van der Waals surface area (Å²) in [5.41, 5.74) is 4.68. The summed E-state index contributed by atoms with van der Waals surface area (Å²) in [6, 6.07) is 8.82. The number of rotatable bonds is 3. The van der Waals surface area contributed by atoms with Crippen LogP contribution in [-0.4, -0.2) is 17.7 Å². The predicted molar refractivity (Wildman–Crippen MR) is 91.5 cm³/mol. The standard InChI is InChI=1S/C19H26N2/c1-19(2,3)10-13-21-14-17(15-8-11-20-12-9-15)16-6-4-5-7-18(16)21/h4-8,14,20H,9-13H2,1-3H3. The molecule has 2 aromatic rings. The molecule has 0 spiro atoms. The van der Waals surface area contributed by atoms with Crippen LogP contribution in [0.25, 0.3) is 16.5 Å². The van der Waals surface area contributed by atoms with Crippen LogP contribution >= 0.6 is 0 Å². The highest BCUT2D eigenvalue weighted by atomic mass is 15.0. The van der Waals surface area contributed by atoms with Crippen LogP contribution in [-0.2, 0) is 6.54 Å². The van der Waals surface area contributed by atoms with Crippen molar-refractivity contribution in [2.24, 2.45) is 5.41 Å². The van der Waals surface area contributed by atoms with Gasteiger partial charge in [-0.1, -0.05) is 45.0 Å². The molecule has 2 heteroatoms. The average Bonchev–Trinajstić information content (AvgIpc) is 2.84. The van der Waals surface area contributed by atoms with Crippen molar-refractivity contribution in [3.05, 3.63) is 42.1 Å². The topological polar surface area (TPSA) is 17.0 Å². The van der Waals surface area contributed by atoms with Crippen molar-refractivity contribution in [3.8, 4) is 0 Å². The maximum Gasteiger partial charge on any atom is 0.0486 e. The van der Waals surface area contributed by atoms with E-state index in [2.05, 4.69) is 67.2 Å². The van der Waals surface area contributed by atoms with Crippen LogP contribution in [0.4, 0.5) is 0 Å².